The van der Waals surface area contributed by atoms with Crippen LogP contribution in [0.1, 0.15) is 24.2 Å². The molecule has 0 saturated carbocycles. The molecular formula is C19H22N4O2. The van der Waals surface area contributed by atoms with Crippen molar-refractivity contribution in [1.82, 2.24) is 14.9 Å². The Kier molecular flexibility index (Phi) is 4.03. The number of nitrogens with zero attached hydrogens (tertiary/aromatic N) is 3. The van der Waals surface area contributed by atoms with E-state index < -0.39 is 0 Å². The molecule has 2 aliphatic heterocycles. The van der Waals surface area contributed by atoms with Crippen LogP contribution in [-0.2, 0) is 22.6 Å². The lowest BCUT2D eigenvalue weighted by molar-refractivity contribution is -0.127. The molecule has 2 amide bonds. The van der Waals surface area contributed by atoms with Gasteiger partial charge in [0.25, 0.3) is 0 Å². The predicted octanol–water partition coefficient (Wildman–Crippen LogP) is 1.68. The lowest BCUT2D eigenvalue weighted by atomic mass is 10.0. The number of carbonyl (C=O) groups is 2. The summed E-state index contributed by atoms with van der Waals surface area (Å²) in [5.74, 6) is 0.797. The molecule has 3 heterocycles. The molecule has 2 aliphatic rings. The molecule has 130 valence electrons. The van der Waals surface area contributed by atoms with Crippen LogP contribution in [0.4, 0.5) is 5.69 Å². The second-order valence-electron chi connectivity index (χ2n) is 6.98. The highest BCUT2D eigenvalue weighted by atomic mass is 16.2. The summed E-state index contributed by atoms with van der Waals surface area (Å²) in [6.45, 7) is 3.22. The van der Waals surface area contributed by atoms with E-state index >= 15 is 0 Å². The number of fused-ring (bicyclic) bond motifs is 1. The first-order chi connectivity index (χ1) is 12.1. The van der Waals surface area contributed by atoms with Gasteiger partial charge >= 0.3 is 0 Å². The average Bonchev–Trinajstić information content (AvgIpc) is 3.22. The van der Waals surface area contributed by atoms with E-state index in [4.69, 9.17) is 0 Å². The Morgan fingerprint density at radius 1 is 1.24 bits per heavy atom. The Labute approximate surface area is 146 Å². The molecule has 2 atom stereocenters. The van der Waals surface area contributed by atoms with E-state index in [0.29, 0.717) is 6.54 Å². The predicted molar refractivity (Wildman–Crippen MR) is 94.1 cm³/mol. The molecule has 1 N–H and O–H groups in total. The summed E-state index contributed by atoms with van der Waals surface area (Å²) in [5, 5.41) is 3.13. The molecule has 1 fully saturated rings. The number of anilines is 1. The van der Waals surface area contributed by atoms with E-state index in [9.17, 15) is 9.59 Å². The van der Waals surface area contributed by atoms with Gasteiger partial charge in [-0.3, -0.25) is 9.59 Å². The van der Waals surface area contributed by atoms with Gasteiger partial charge in [-0.15, -0.1) is 0 Å². The Bertz CT molecular complexity index is 796. The zero-order valence-electron chi connectivity index (χ0n) is 14.3. The molecule has 25 heavy (non-hydrogen) atoms. The van der Waals surface area contributed by atoms with Gasteiger partial charge in [0.2, 0.25) is 11.8 Å². The number of rotatable bonds is 3. The lowest BCUT2D eigenvalue weighted by Crippen LogP contribution is -2.44. The second kappa shape index (κ2) is 6.35. The molecule has 6 heteroatoms. The van der Waals surface area contributed by atoms with Crippen molar-refractivity contribution in [2.45, 2.75) is 38.8 Å². The highest BCUT2D eigenvalue weighted by molar-refractivity contribution is 6.00. The van der Waals surface area contributed by atoms with Crippen LogP contribution in [0.5, 0.6) is 0 Å². The second-order valence-corrected chi connectivity index (χ2v) is 6.98. The number of aromatic nitrogens is 2. The Hall–Kier alpha value is -2.63. The third-order valence-corrected chi connectivity index (χ3v) is 5.12. The van der Waals surface area contributed by atoms with Crippen LogP contribution < -0.4 is 10.2 Å². The van der Waals surface area contributed by atoms with Crippen LogP contribution in [0.25, 0.3) is 0 Å². The average molecular weight is 338 g/mol. The van der Waals surface area contributed by atoms with Crippen molar-refractivity contribution in [2.24, 2.45) is 5.92 Å². The van der Waals surface area contributed by atoms with Gasteiger partial charge in [0.05, 0.1) is 5.92 Å². The van der Waals surface area contributed by atoms with Gasteiger partial charge in [0.1, 0.15) is 5.82 Å². The fourth-order valence-corrected chi connectivity index (χ4v) is 3.66. The molecule has 0 aliphatic carbocycles. The molecule has 0 bridgehead atoms. The number of hydrogen-bond acceptors (Lipinski definition) is 3. The van der Waals surface area contributed by atoms with Gasteiger partial charge in [-0.05, 0) is 25.5 Å². The van der Waals surface area contributed by atoms with Crippen molar-refractivity contribution in [2.75, 3.05) is 11.4 Å². The molecular weight excluding hydrogens is 316 g/mol. The van der Waals surface area contributed by atoms with Crippen molar-refractivity contribution >= 4 is 17.5 Å². The Balaban J connectivity index is 1.38. The topological polar surface area (TPSA) is 67.2 Å². The van der Waals surface area contributed by atoms with Crippen molar-refractivity contribution in [3.05, 3.63) is 48.0 Å². The van der Waals surface area contributed by atoms with E-state index in [-0.39, 0.29) is 30.2 Å². The summed E-state index contributed by atoms with van der Waals surface area (Å²) in [6, 6.07) is 7.96. The van der Waals surface area contributed by atoms with Crippen LogP contribution in [0, 0.1) is 12.8 Å². The van der Waals surface area contributed by atoms with Gasteiger partial charge in [-0.2, -0.15) is 0 Å². The maximum absolute atomic E-state index is 12.6. The minimum absolute atomic E-state index is 0.0171. The molecule has 1 aromatic carbocycles. The van der Waals surface area contributed by atoms with Crippen molar-refractivity contribution in [1.29, 1.82) is 0 Å². The first-order valence-corrected chi connectivity index (χ1v) is 8.77. The summed E-state index contributed by atoms with van der Waals surface area (Å²) in [7, 11) is 0. The van der Waals surface area contributed by atoms with Crippen molar-refractivity contribution in [3.8, 4) is 0 Å². The zero-order valence-corrected chi connectivity index (χ0v) is 14.3. The van der Waals surface area contributed by atoms with E-state index in [1.807, 2.05) is 37.4 Å². The SMILES string of the molecule is Cc1ccc(N2C[C@@H](C(=O)N[C@@H]3CCc4nccn4C3)CC2=O)cc1. The fourth-order valence-electron chi connectivity index (χ4n) is 3.66. The Morgan fingerprint density at radius 3 is 2.84 bits per heavy atom. The maximum Gasteiger partial charge on any atom is 0.227 e. The third-order valence-electron chi connectivity index (χ3n) is 5.12. The van der Waals surface area contributed by atoms with E-state index in [0.717, 1.165) is 36.5 Å². The minimum Gasteiger partial charge on any atom is -0.351 e. The number of amides is 2. The van der Waals surface area contributed by atoms with Gasteiger partial charge in [0.15, 0.2) is 0 Å². The summed E-state index contributed by atoms with van der Waals surface area (Å²) in [5.41, 5.74) is 2.02. The highest BCUT2D eigenvalue weighted by Gasteiger charge is 2.36. The first kappa shape index (κ1) is 15.9. The number of aryl methyl sites for hydroxylation is 2. The molecule has 4 rings (SSSR count). The zero-order chi connectivity index (χ0) is 17.4. The van der Waals surface area contributed by atoms with Crippen molar-refractivity contribution < 1.29 is 9.59 Å². The minimum atomic E-state index is -0.280. The van der Waals surface area contributed by atoms with Crippen LogP contribution in [0.3, 0.4) is 0 Å². The maximum atomic E-state index is 12.6. The van der Waals surface area contributed by atoms with E-state index in [2.05, 4.69) is 14.9 Å². The van der Waals surface area contributed by atoms with Crippen LogP contribution in [0.2, 0.25) is 0 Å². The molecule has 1 saturated heterocycles. The van der Waals surface area contributed by atoms with Gasteiger partial charge in [-0.25, -0.2) is 4.98 Å². The van der Waals surface area contributed by atoms with Gasteiger partial charge in [-0.1, -0.05) is 17.7 Å². The largest absolute Gasteiger partial charge is 0.351 e. The van der Waals surface area contributed by atoms with Crippen LogP contribution in [-0.4, -0.2) is 34.0 Å². The number of carbonyl (C=O) groups excluding carboxylic acids is 2. The highest BCUT2D eigenvalue weighted by Crippen LogP contribution is 2.26. The molecule has 2 aromatic rings. The normalized spacial score (nSPS) is 22.8. The van der Waals surface area contributed by atoms with Gasteiger partial charge in [0, 0.05) is 50.1 Å². The summed E-state index contributed by atoms with van der Waals surface area (Å²) >= 11 is 0. The smallest absolute Gasteiger partial charge is 0.227 e. The van der Waals surface area contributed by atoms with Crippen molar-refractivity contribution in [3.63, 3.8) is 0 Å². The number of benzene rings is 1. The van der Waals surface area contributed by atoms with E-state index in [1.165, 1.54) is 0 Å². The standard InChI is InChI=1S/C19H22N4O2/c1-13-2-5-16(6-3-13)23-11-14(10-18(23)24)19(25)21-15-4-7-17-20-8-9-22(17)12-15/h2-3,5-6,8-9,14-15H,4,7,10-12H2,1H3,(H,21,25)/t14-,15+/m0/s1. The molecule has 1 aromatic heterocycles. The van der Waals surface area contributed by atoms with E-state index in [1.54, 1.807) is 11.1 Å². The third kappa shape index (κ3) is 3.16. The fraction of sp³-hybridized carbons (Fsp3) is 0.421. The molecule has 6 nitrogen and oxygen atoms in total. The summed E-state index contributed by atoms with van der Waals surface area (Å²) in [4.78, 5) is 31.0. The molecule has 0 radical (unpaired) electrons. The monoisotopic (exact) mass is 338 g/mol. The number of nitrogens with one attached hydrogen (secondary N) is 1. The Morgan fingerprint density at radius 2 is 2.04 bits per heavy atom. The number of imidazole rings is 1. The quantitative estimate of drug-likeness (QED) is 0.926. The van der Waals surface area contributed by atoms with Gasteiger partial charge < -0.3 is 14.8 Å². The number of hydrogen-bond donors (Lipinski definition) is 1. The summed E-state index contributed by atoms with van der Waals surface area (Å²) in [6.07, 6.45) is 5.80. The van der Waals surface area contributed by atoms with Crippen LogP contribution >= 0.6 is 0 Å². The summed E-state index contributed by atoms with van der Waals surface area (Å²) < 4.78 is 2.09. The molecule has 0 spiro atoms. The first-order valence-electron chi connectivity index (χ1n) is 8.77. The molecule has 0 unspecified atom stereocenters. The lowest BCUT2D eigenvalue weighted by Gasteiger charge is -2.26. The van der Waals surface area contributed by atoms with Crippen LogP contribution in [0.15, 0.2) is 36.7 Å².